The molecular formula is C18H31Cl2N3O. The van der Waals surface area contributed by atoms with Gasteiger partial charge in [-0.15, -0.1) is 24.8 Å². The third-order valence-corrected chi connectivity index (χ3v) is 4.36. The number of halogens is 2. The fourth-order valence-electron chi connectivity index (χ4n) is 2.96. The number of hydrogen-bond donors (Lipinski definition) is 2. The Morgan fingerprint density at radius 2 is 1.75 bits per heavy atom. The van der Waals surface area contributed by atoms with Crippen LogP contribution in [0.2, 0.25) is 0 Å². The van der Waals surface area contributed by atoms with Gasteiger partial charge in [-0.2, -0.15) is 0 Å². The summed E-state index contributed by atoms with van der Waals surface area (Å²) in [6.45, 7) is 8.35. The number of rotatable bonds is 6. The normalized spacial score (nSPS) is 17.1. The molecule has 1 heterocycles. The molecule has 0 bridgehead atoms. The molecule has 24 heavy (non-hydrogen) atoms. The van der Waals surface area contributed by atoms with Crippen molar-refractivity contribution in [3.05, 3.63) is 35.4 Å². The molecule has 0 radical (unpaired) electrons. The lowest BCUT2D eigenvalue weighted by atomic mass is 10.0. The van der Waals surface area contributed by atoms with Crippen molar-refractivity contribution in [2.24, 2.45) is 11.7 Å². The number of amides is 1. The predicted molar refractivity (Wildman–Crippen MR) is 105 cm³/mol. The van der Waals surface area contributed by atoms with Crippen LogP contribution in [0.25, 0.3) is 0 Å². The number of nitrogens with one attached hydrogen (secondary N) is 1. The molecule has 6 heteroatoms. The highest BCUT2D eigenvalue weighted by Gasteiger charge is 2.18. The van der Waals surface area contributed by atoms with E-state index in [9.17, 15) is 4.79 Å². The third-order valence-electron chi connectivity index (χ3n) is 4.36. The van der Waals surface area contributed by atoms with Crippen molar-refractivity contribution in [1.82, 2.24) is 10.2 Å². The summed E-state index contributed by atoms with van der Waals surface area (Å²) in [7, 11) is 0. The maximum Gasteiger partial charge on any atom is 0.241 e. The molecule has 1 amide bonds. The van der Waals surface area contributed by atoms with Gasteiger partial charge in [-0.05, 0) is 44.3 Å². The van der Waals surface area contributed by atoms with Crippen LogP contribution in [0, 0.1) is 12.8 Å². The van der Waals surface area contributed by atoms with Gasteiger partial charge in [-0.25, -0.2) is 0 Å². The van der Waals surface area contributed by atoms with E-state index in [1.165, 1.54) is 37.9 Å². The molecule has 1 saturated heterocycles. The molecule has 138 valence electrons. The van der Waals surface area contributed by atoms with E-state index in [4.69, 9.17) is 5.73 Å². The van der Waals surface area contributed by atoms with E-state index in [2.05, 4.69) is 17.1 Å². The molecule has 1 aliphatic rings. The lowest BCUT2D eigenvalue weighted by Crippen LogP contribution is -2.40. The molecule has 0 aliphatic carbocycles. The van der Waals surface area contributed by atoms with Gasteiger partial charge in [0.25, 0.3) is 0 Å². The Kier molecular flexibility index (Phi) is 11.3. The van der Waals surface area contributed by atoms with E-state index >= 15 is 0 Å². The Labute approximate surface area is 158 Å². The number of likely N-dealkylation sites (tertiary alicyclic amines) is 1. The van der Waals surface area contributed by atoms with E-state index in [1.807, 2.05) is 31.2 Å². The Bertz CT molecular complexity index is 476. The van der Waals surface area contributed by atoms with E-state index in [-0.39, 0.29) is 30.7 Å². The highest BCUT2D eigenvalue weighted by Crippen LogP contribution is 2.13. The Morgan fingerprint density at radius 3 is 2.33 bits per heavy atom. The van der Waals surface area contributed by atoms with Gasteiger partial charge in [0, 0.05) is 13.1 Å². The molecule has 3 N–H and O–H groups in total. The molecule has 1 fully saturated rings. The van der Waals surface area contributed by atoms with Crippen LogP contribution in [0.4, 0.5) is 0 Å². The second-order valence-electron chi connectivity index (χ2n) is 6.60. The Morgan fingerprint density at radius 1 is 1.17 bits per heavy atom. The number of carbonyl (C=O) groups excluding carboxylic acids is 1. The minimum Gasteiger partial charge on any atom is -0.354 e. The van der Waals surface area contributed by atoms with Crippen LogP contribution < -0.4 is 11.1 Å². The molecular weight excluding hydrogens is 345 g/mol. The van der Waals surface area contributed by atoms with Crippen LogP contribution in [0.15, 0.2) is 24.3 Å². The van der Waals surface area contributed by atoms with Gasteiger partial charge in [0.05, 0.1) is 0 Å². The number of nitrogens with two attached hydrogens (primary N) is 1. The summed E-state index contributed by atoms with van der Waals surface area (Å²) in [6.07, 6.45) is 3.96. The van der Waals surface area contributed by atoms with Gasteiger partial charge in [0.1, 0.15) is 6.04 Å². The SMILES string of the molecule is Cc1ccc(C(N)C(=O)NCC(C)CN2CCCCC2)cc1.Cl.Cl. The average molecular weight is 376 g/mol. The molecule has 2 rings (SSSR count). The summed E-state index contributed by atoms with van der Waals surface area (Å²) < 4.78 is 0. The maximum atomic E-state index is 12.2. The van der Waals surface area contributed by atoms with E-state index in [0.717, 1.165) is 12.1 Å². The topological polar surface area (TPSA) is 58.4 Å². The zero-order valence-electron chi connectivity index (χ0n) is 14.7. The zero-order chi connectivity index (χ0) is 15.9. The number of hydrogen-bond acceptors (Lipinski definition) is 3. The molecule has 0 spiro atoms. The maximum absolute atomic E-state index is 12.2. The van der Waals surface area contributed by atoms with Crippen molar-refractivity contribution in [1.29, 1.82) is 0 Å². The van der Waals surface area contributed by atoms with E-state index in [0.29, 0.717) is 12.5 Å². The molecule has 2 atom stereocenters. The van der Waals surface area contributed by atoms with Crippen LogP contribution >= 0.6 is 24.8 Å². The molecule has 0 aromatic heterocycles. The first-order valence-corrected chi connectivity index (χ1v) is 8.38. The predicted octanol–water partition coefficient (Wildman–Crippen LogP) is 3.08. The molecule has 4 nitrogen and oxygen atoms in total. The summed E-state index contributed by atoms with van der Waals surface area (Å²) in [6, 6.07) is 7.25. The summed E-state index contributed by atoms with van der Waals surface area (Å²) >= 11 is 0. The standard InChI is InChI=1S/C18H29N3O.2ClH/c1-14-6-8-16(9-7-14)17(19)18(22)20-12-15(2)13-21-10-4-3-5-11-21;;/h6-9,15,17H,3-5,10-13,19H2,1-2H3,(H,20,22);2*1H. The van der Waals surface area contributed by atoms with Gasteiger partial charge in [0.15, 0.2) is 0 Å². The molecule has 1 aromatic carbocycles. The van der Waals surface area contributed by atoms with Crippen LogP contribution in [0.1, 0.15) is 43.4 Å². The van der Waals surface area contributed by atoms with Crippen molar-refractivity contribution >= 4 is 30.7 Å². The van der Waals surface area contributed by atoms with Gasteiger partial charge in [0.2, 0.25) is 5.91 Å². The van der Waals surface area contributed by atoms with Crippen molar-refractivity contribution in [2.75, 3.05) is 26.2 Å². The first-order chi connectivity index (χ1) is 10.6. The first kappa shape index (κ1) is 23.2. The second-order valence-corrected chi connectivity index (χ2v) is 6.60. The largest absolute Gasteiger partial charge is 0.354 e. The average Bonchev–Trinajstić information content (AvgIpc) is 2.53. The van der Waals surface area contributed by atoms with Crippen LogP contribution in [0.5, 0.6) is 0 Å². The molecule has 1 aromatic rings. The smallest absolute Gasteiger partial charge is 0.241 e. The highest BCUT2D eigenvalue weighted by atomic mass is 35.5. The number of piperidine rings is 1. The van der Waals surface area contributed by atoms with Gasteiger partial charge in [-0.1, -0.05) is 43.2 Å². The Balaban J connectivity index is 0.00000264. The number of nitrogens with zero attached hydrogens (tertiary/aromatic N) is 1. The summed E-state index contributed by atoms with van der Waals surface area (Å²) in [5, 5.41) is 2.99. The minimum absolute atomic E-state index is 0. The quantitative estimate of drug-likeness (QED) is 0.802. The first-order valence-electron chi connectivity index (χ1n) is 8.38. The van der Waals surface area contributed by atoms with Crippen molar-refractivity contribution in [2.45, 2.75) is 39.2 Å². The molecule has 2 unspecified atom stereocenters. The summed E-state index contributed by atoms with van der Waals surface area (Å²) in [4.78, 5) is 14.7. The monoisotopic (exact) mass is 375 g/mol. The summed E-state index contributed by atoms with van der Waals surface area (Å²) in [5.41, 5.74) is 8.08. The fourth-order valence-corrected chi connectivity index (χ4v) is 2.96. The van der Waals surface area contributed by atoms with Crippen molar-refractivity contribution < 1.29 is 4.79 Å². The van der Waals surface area contributed by atoms with Crippen LogP contribution in [0.3, 0.4) is 0 Å². The lowest BCUT2D eigenvalue weighted by molar-refractivity contribution is -0.122. The highest BCUT2D eigenvalue weighted by molar-refractivity contribution is 5.85. The van der Waals surface area contributed by atoms with Gasteiger partial charge in [-0.3, -0.25) is 4.79 Å². The van der Waals surface area contributed by atoms with Gasteiger partial charge >= 0.3 is 0 Å². The van der Waals surface area contributed by atoms with Crippen LogP contribution in [-0.2, 0) is 4.79 Å². The van der Waals surface area contributed by atoms with Gasteiger partial charge < -0.3 is 16.0 Å². The lowest BCUT2D eigenvalue weighted by Gasteiger charge is -2.29. The van der Waals surface area contributed by atoms with Crippen molar-refractivity contribution in [3.8, 4) is 0 Å². The number of carbonyl (C=O) groups is 1. The van der Waals surface area contributed by atoms with E-state index in [1.54, 1.807) is 0 Å². The minimum atomic E-state index is -0.581. The molecule has 1 aliphatic heterocycles. The zero-order valence-corrected chi connectivity index (χ0v) is 16.3. The second kappa shape index (κ2) is 11.7. The van der Waals surface area contributed by atoms with Crippen LogP contribution in [-0.4, -0.2) is 37.0 Å². The third kappa shape index (κ3) is 7.39. The fraction of sp³-hybridized carbons (Fsp3) is 0.611. The number of aryl methyl sites for hydroxylation is 1. The van der Waals surface area contributed by atoms with E-state index < -0.39 is 6.04 Å². The van der Waals surface area contributed by atoms with Crippen molar-refractivity contribution in [3.63, 3.8) is 0 Å². The Hall–Kier alpha value is -0.810. The summed E-state index contributed by atoms with van der Waals surface area (Å²) in [5.74, 6) is 0.363. The molecule has 0 saturated carbocycles. The number of benzene rings is 1.